The van der Waals surface area contributed by atoms with E-state index >= 15 is 0 Å². The van der Waals surface area contributed by atoms with Gasteiger partial charge in [0, 0.05) is 37.8 Å². The maximum atomic E-state index is 13.3. The van der Waals surface area contributed by atoms with E-state index in [1.807, 2.05) is 7.05 Å². The third-order valence-corrected chi connectivity index (χ3v) is 4.11. The van der Waals surface area contributed by atoms with Gasteiger partial charge in [-0.25, -0.2) is 8.78 Å². The summed E-state index contributed by atoms with van der Waals surface area (Å²) in [4.78, 5) is 4.61. The molecular weight excluding hydrogens is 260 g/mol. The molecule has 1 aliphatic rings. The van der Waals surface area contributed by atoms with Crippen LogP contribution >= 0.6 is 0 Å². The molecule has 1 heterocycles. The number of nitrogens with zero attached hydrogens (tertiary/aromatic N) is 2. The van der Waals surface area contributed by atoms with E-state index in [1.165, 1.54) is 12.1 Å². The largest absolute Gasteiger partial charge is 0.315 e. The van der Waals surface area contributed by atoms with Gasteiger partial charge in [0.15, 0.2) is 0 Å². The highest BCUT2D eigenvalue weighted by Gasteiger charge is 2.29. The van der Waals surface area contributed by atoms with Gasteiger partial charge in [-0.2, -0.15) is 0 Å². The van der Waals surface area contributed by atoms with E-state index in [0.29, 0.717) is 18.0 Å². The molecule has 0 saturated carbocycles. The van der Waals surface area contributed by atoms with Gasteiger partial charge >= 0.3 is 0 Å². The van der Waals surface area contributed by atoms with Crippen LogP contribution in [-0.2, 0) is 6.42 Å². The molecule has 5 heteroatoms. The van der Waals surface area contributed by atoms with Gasteiger partial charge in [-0.1, -0.05) is 0 Å². The summed E-state index contributed by atoms with van der Waals surface area (Å²) in [7, 11) is 6.12. The van der Waals surface area contributed by atoms with Gasteiger partial charge in [-0.05, 0) is 45.3 Å². The molecule has 0 aromatic heterocycles. The number of hydrogen-bond acceptors (Lipinski definition) is 3. The lowest BCUT2D eigenvalue weighted by molar-refractivity contribution is 0.0897. The molecule has 1 N–H and O–H groups in total. The zero-order valence-electron chi connectivity index (χ0n) is 12.4. The van der Waals surface area contributed by atoms with Crippen molar-refractivity contribution in [3.8, 4) is 0 Å². The fraction of sp³-hybridized carbons (Fsp3) is 0.600. The molecule has 1 aromatic rings. The molecule has 1 aromatic carbocycles. The highest BCUT2D eigenvalue weighted by Crippen LogP contribution is 2.16. The SMILES string of the molecule is CNC(Cc1cc(F)cc(F)c1)C1CN(C)CCN1C. The van der Waals surface area contributed by atoms with Crippen LogP contribution in [0.3, 0.4) is 0 Å². The van der Waals surface area contributed by atoms with Crippen molar-refractivity contribution in [3.63, 3.8) is 0 Å². The van der Waals surface area contributed by atoms with E-state index in [9.17, 15) is 8.78 Å². The van der Waals surface area contributed by atoms with Gasteiger partial charge in [-0.15, -0.1) is 0 Å². The van der Waals surface area contributed by atoms with Gasteiger partial charge in [0.05, 0.1) is 0 Å². The number of rotatable bonds is 4. The topological polar surface area (TPSA) is 18.5 Å². The average Bonchev–Trinajstić information content (AvgIpc) is 2.38. The Morgan fingerprint density at radius 3 is 2.45 bits per heavy atom. The molecule has 0 spiro atoms. The van der Waals surface area contributed by atoms with Gasteiger partial charge in [-0.3, -0.25) is 4.90 Å². The second-order valence-electron chi connectivity index (χ2n) is 5.69. The Labute approximate surface area is 119 Å². The molecule has 2 atom stereocenters. The number of halogens is 2. The van der Waals surface area contributed by atoms with Crippen molar-refractivity contribution in [2.45, 2.75) is 18.5 Å². The number of piperazine rings is 1. The summed E-state index contributed by atoms with van der Waals surface area (Å²) in [5, 5.41) is 3.30. The fourth-order valence-electron chi connectivity index (χ4n) is 2.89. The Bertz CT molecular complexity index is 432. The highest BCUT2D eigenvalue weighted by molar-refractivity contribution is 5.19. The normalized spacial score (nSPS) is 22.9. The van der Waals surface area contributed by atoms with Crippen LogP contribution in [0.2, 0.25) is 0 Å². The van der Waals surface area contributed by atoms with Crippen molar-refractivity contribution >= 4 is 0 Å². The van der Waals surface area contributed by atoms with Crippen LogP contribution in [0.1, 0.15) is 5.56 Å². The highest BCUT2D eigenvalue weighted by atomic mass is 19.1. The molecule has 0 aliphatic carbocycles. The predicted molar refractivity (Wildman–Crippen MR) is 76.8 cm³/mol. The lowest BCUT2D eigenvalue weighted by Gasteiger charge is -2.42. The van der Waals surface area contributed by atoms with Crippen LogP contribution in [0.25, 0.3) is 0 Å². The number of likely N-dealkylation sites (N-methyl/N-ethyl adjacent to an activating group) is 3. The molecule has 1 fully saturated rings. The second kappa shape index (κ2) is 6.61. The monoisotopic (exact) mass is 283 g/mol. The zero-order chi connectivity index (χ0) is 14.7. The first kappa shape index (κ1) is 15.4. The standard InChI is InChI=1S/C15H23F2N3/c1-18-14(15-10-19(2)4-5-20(15)3)8-11-6-12(16)9-13(17)7-11/h6-7,9,14-15,18H,4-5,8,10H2,1-3H3. The summed E-state index contributed by atoms with van der Waals surface area (Å²) in [6, 6.07) is 4.26. The number of benzene rings is 1. The quantitative estimate of drug-likeness (QED) is 0.900. The molecule has 1 aliphatic heterocycles. The third kappa shape index (κ3) is 3.75. The Hall–Kier alpha value is -1.04. The lowest BCUT2D eigenvalue weighted by Crippen LogP contribution is -2.58. The Morgan fingerprint density at radius 2 is 1.85 bits per heavy atom. The first-order valence-electron chi connectivity index (χ1n) is 7.00. The van der Waals surface area contributed by atoms with Crippen molar-refractivity contribution < 1.29 is 8.78 Å². The summed E-state index contributed by atoms with van der Waals surface area (Å²) in [6.45, 7) is 3.02. The maximum Gasteiger partial charge on any atom is 0.126 e. The van der Waals surface area contributed by atoms with E-state index in [4.69, 9.17) is 0 Å². The van der Waals surface area contributed by atoms with E-state index in [0.717, 1.165) is 25.7 Å². The minimum absolute atomic E-state index is 0.170. The fourth-order valence-corrected chi connectivity index (χ4v) is 2.89. The zero-order valence-corrected chi connectivity index (χ0v) is 12.4. The third-order valence-electron chi connectivity index (χ3n) is 4.11. The molecule has 2 unspecified atom stereocenters. The van der Waals surface area contributed by atoms with Crippen molar-refractivity contribution in [1.82, 2.24) is 15.1 Å². The second-order valence-corrected chi connectivity index (χ2v) is 5.69. The molecule has 0 bridgehead atoms. The molecular formula is C15H23F2N3. The average molecular weight is 283 g/mol. The van der Waals surface area contributed by atoms with E-state index in [1.54, 1.807) is 0 Å². The predicted octanol–water partition coefficient (Wildman–Crippen LogP) is 1.34. The minimum Gasteiger partial charge on any atom is -0.315 e. The molecule has 2 rings (SSSR count). The molecule has 1 saturated heterocycles. The summed E-state index contributed by atoms with van der Waals surface area (Å²) in [6.07, 6.45) is 0.619. The van der Waals surface area contributed by atoms with Crippen molar-refractivity contribution in [3.05, 3.63) is 35.4 Å². The molecule has 20 heavy (non-hydrogen) atoms. The van der Waals surface area contributed by atoms with E-state index in [2.05, 4.69) is 29.2 Å². The van der Waals surface area contributed by atoms with E-state index < -0.39 is 11.6 Å². The van der Waals surface area contributed by atoms with Crippen LogP contribution in [0.15, 0.2) is 18.2 Å². The van der Waals surface area contributed by atoms with Crippen molar-refractivity contribution in [1.29, 1.82) is 0 Å². The summed E-state index contributed by atoms with van der Waals surface area (Å²) in [5.41, 5.74) is 0.698. The van der Waals surface area contributed by atoms with Crippen LogP contribution in [-0.4, -0.2) is 62.7 Å². The van der Waals surface area contributed by atoms with Crippen LogP contribution < -0.4 is 5.32 Å². The lowest BCUT2D eigenvalue weighted by atomic mass is 9.96. The Balaban J connectivity index is 2.11. The van der Waals surface area contributed by atoms with Crippen LogP contribution in [0.4, 0.5) is 8.78 Å². The van der Waals surface area contributed by atoms with Gasteiger partial charge < -0.3 is 10.2 Å². The smallest absolute Gasteiger partial charge is 0.126 e. The van der Waals surface area contributed by atoms with E-state index in [-0.39, 0.29) is 6.04 Å². The summed E-state index contributed by atoms with van der Waals surface area (Å²) < 4.78 is 26.6. The molecule has 3 nitrogen and oxygen atoms in total. The van der Waals surface area contributed by atoms with Gasteiger partial charge in [0.2, 0.25) is 0 Å². The maximum absolute atomic E-state index is 13.3. The first-order chi connectivity index (χ1) is 9.49. The van der Waals surface area contributed by atoms with Crippen molar-refractivity contribution in [2.24, 2.45) is 0 Å². The van der Waals surface area contributed by atoms with Gasteiger partial charge in [0.1, 0.15) is 11.6 Å². The molecule has 112 valence electrons. The van der Waals surface area contributed by atoms with Crippen LogP contribution in [0, 0.1) is 11.6 Å². The summed E-state index contributed by atoms with van der Waals surface area (Å²) >= 11 is 0. The minimum atomic E-state index is -0.510. The Kier molecular flexibility index (Phi) is 5.07. The Morgan fingerprint density at radius 1 is 1.20 bits per heavy atom. The summed E-state index contributed by atoms with van der Waals surface area (Å²) in [5.74, 6) is -1.02. The number of hydrogen-bond donors (Lipinski definition) is 1. The molecule has 0 amide bonds. The number of nitrogens with one attached hydrogen (secondary N) is 1. The van der Waals surface area contributed by atoms with Gasteiger partial charge in [0.25, 0.3) is 0 Å². The van der Waals surface area contributed by atoms with Crippen LogP contribution in [0.5, 0.6) is 0 Å². The van der Waals surface area contributed by atoms with Crippen molar-refractivity contribution in [2.75, 3.05) is 40.8 Å². The first-order valence-corrected chi connectivity index (χ1v) is 7.00. The molecule has 0 radical (unpaired) electrons.